The molecule has 18 heavy (non-hydrogen) atoms. The molecular formula is C14H22N2OS. The molecule has 0 unspecified atom stereocenters. The van der Waals surface area contributed by atoms with Crippen molar-refractivity contribution >= 4 is 17.2 Å². The fourth-order valence-corrected chi connectivity index (χ4v) is 2.49. The van der Waals surface area contributed by atoms with E-state index in [0.717, 1.165) is 19.4 Å². The fourth-order valence-electron chi connectivity index (χ4n) is 1.83. The Morgan fingerprint density at radius 3 is 2.72 bits per heavy atom. The van der Waals surface area contributed by atoms with E-state index in [1.165, 1.54) is 5.56 Å². The van der Waals surface area contributed by atoms with Gasteiger partial charge in [-0.25, -0.2) is 0 Å². The molecule has 0 saturated heterocycles. The van der Waals surface area contributed by atoms with Crippen molar-refractivity contribution < 1.29 is 4.79 Å². The van der Waals surface area contributed by atoms with Crippen LogP contribution in [-0.2, 0) is 11.3 Å². The predicted molar refractivity (Wildman–Crippen MR) is 75.6 cm³/mol. The van der Waals surface area contributed by atoms with Crippen LogP contribution in [0.2, 0.25) is 0 Å². The molecule has 0 aromatic carbocycles. The summed E-state index contributed by atoms with van der Waals surface area (Å²) in [5, 5.41) is 7.47. The third kappa shape index (κ3) is 4.10. The predicted octanol–water partition coefficient (Wildman–Crippen LogP) is 2.63. The highest BCUT2D eigenvalue weighted by atomic mass is 32.1. The number of amides is 1. The van der Waals surface area contributed by atoms with Gasteiger partial charge in [-0.3, -0.25) is 4.79 Å². The maximum absolute atomic E-state index is 12.3. The number of hydrogen-bond acceptors (Lipinski definition) is 3. The molecule has 0 spiro atoms. The summed E-state index contributed by atoms with van der Waals surface area (Å²) in [4.78, 5) is 14.3. The van der Waals surface area contributed by atoms with Crippen LogP contribution in [0.15, 0.2) is 16.8 Å². The Morgan fingerprint density at radius 1 is 1.50 bits per heavy atom. The second-order valence-corrected chi connectivity index (χ2v) is 6.77. The van der Waals surface area contributed by atoms with E-state index in [0.29, 0.717) is 12.6 Å². The van der Waals surface area contributed by atoms with Crippen LogP contribution in [0, 0.1) is 0 Å². The van der Waals surface area contributed by atoms with Crippen LogP contribution in [-0.4, -0.2) is 28.9 Å². The zero-order chi connectivity index (χ0) is 13.2. The highest BCUT2D eigenvalue weighted by Crippen LogP contribution is 2.28. The number of carbonyl (C=O) groups is 1. The van der Waals surface area contributed by atoms with Crippen molar-refractivity contribution in [3.05, 3.63) is 22.4 Å². The maximum atomic E-state index is 12.3. The lowest BCUT2D eigenvalue weighted by molar-refractivity contribution is -0.131. The van der Waals surface area contributed by atoms with Gasteiger partial charge in [-0.1, -0.05) is 0 Å². The summed E-state index contributed by atoms with van der Waals surface area (Å²) in [6.07, 6.45) is 2.32. The molecule has 3 nitrogen and oxygen atoms in total. The van der Waals surface area contributed by atoms with Crippen LogP contribution in [0.5, 0.6) is 0 Å². The maximum Gasteiger partial charge on any atom is 0.237 e. The average molecular weight is 266 g/mol. The van der Waals surface area contributed by atoms with Crippen LogP contribution in [0.4, 0.5) is 0 Å². The topological polar surface area (TPSA) is 32.3 Å². The first-order chi connectivity index (χ1) is 8.46. The van der Waals surface area contributed by atoms with Gasteiger partial charge in [0.25, 0.3) is 0 Å². The molecular weight excluding hydrogens is 244 g/mol. The van der Waals surface area contributed by atoms with E-state index in [-0.39, 0.29) is 11.4 Å². The Morgan fingerprint density at radius 2 is 2.22 bits per heavy atom. The second kappa shape index (κ2) is 5.41. The number of nitrogens with zero attached hydrogens (tertiary/aromatic N) is 1. The van der Waals surface area contributed by atoms with Crippen LogP contribution in [0.1, 0.15) is 39.2 Å². The summed E-state index contributed by atoms with van der Waals surface area (Å²) in [5.41, 5.74) is 1.24. The van der Waals surface area contributed by atoms with Crippen LogP contribution in [0.25, 0.3) is 0 Å². The molecule has 1 saturated carbocycles. The summed E-state index contributed by atoms with van der Waals surface area (Å²) >= 11 is 1.69. The monoisotopic (exact) mass is 266 g/mol. The Balaban J connectivity index is 1.91. The van der Waals surface area contributed by atoms with E-state index in [4.69, 9.17) is 0 Å². The van der Waals surface area contributed by atoms with Crippen molar-refractivity contribution in [2.45, 2.75) is 51.7 Å². The van der Waals surface area contributed by atoms with Gasteiger partial charge in [0.15, 0.2) is 0 Å². The van der Waals surface area contributed by atoms with Gasteiger partial charge in [-0.05, 0) is 56.0 Å². The minimum absolute atomic E-state index is 0.00668. The smallest absolute Gasteiger partial charge is 0.237 e. The van der Waals surface area contributed by atoms with E-state index in [1.807, 2.05) is 4.90 Å². The molecule has 1 aromatic rings. The van der Waals surface area contributed by atoms with E-state index in [2.05, 4.69) is 42.9 Å². The third-order valence-corrected chi connectivity index (χ3v) is 3.74. The van der Waals surface area contributed by atoms with Gasteiger partial charge < -0.3 is 10.2 Å². The van der Waals surface area contributed by atoms with E-state index >= 15 is 0 Å². The highest BCUT2D eigenvalue weighted by Gasteiger charge is 2.32. The Labute approximate surface area is 113 Å². The Kier molecular flexibility index (Phi) is 4.07. The lowest BCUT2D eigenvalue weighted by Gasteiger charge is -2.26. The fraction of sp³-hybridized carbons (Fsp3) is 0.643. The van der Waals surface area contributed by atoms with E-state index in [1.54, 1.807) is 11.3 Å². The molecule has 0 bridgehead atoms. The van der Waals surface area contributed by atoms with E-state index in [9.17, 15) is 4.79 Å². The highest BCUT2D eigenvalue weighted by molar-refractivity contribution is 7.07. The number of nitrogens with one attached hydrogen (secondary N) is 1. The quantitative estimate of drug-likeness (QED) is 0.888. The van der Waals surface area contributed by atoms with Crippen LogP contribution < -0.4 is 5.32 Å². The molecule has 1 aliphatic rings. The van der Waals surface area contributed by atoms with Crippen molar-refractivity contribution in [2.24, 2.45) is 0 Å². The minimum atomic E-state index is -0.00668. The van der Waals surface area contributed by atoms with Gasteiger partial charge in [0.1, 0.15) is 0 Å². The zero-order valence-electron chi connectivity index (χ0n) is 11.4. The Hall–Kier alpha value is -0.870. The third-order valence-electron chi connectivity index (χ3n) is 3.01. The van der Waals surface area contributed by atoms with Crippen molar-refractivity contribution in [2.75, 3.05) is 6.54 Å². The average Bonchev–Trinajstić information content (AvgIpc) is 2.99. The molecule has 1 heterocycles. The lowest BCUT2D eigenvalue weighted by atomic mass is 10.1. The van der Waals surface area contributed by atoms with Gasteiger partial charge in [0, 0.05) is 18.1 Å². The van der Waals surface area contributed by atoms with Gasteiger partial charge in [0.2, 0.25) is 5.91 Å². The molecule has 0 radical (unpaired) electrons. The summed E-state index contributed by atoms with van der Waals surface area (Å²) < 4.78 is 0. The molecule has 1 aromatic heterocycles. The summed E-state index contributed by atoms with van der Waals surface area (Å²) in [6, 6.07) is 2.57. The summed E-state index contributed by atoms with van der Waals surface area (Å²) in [6.45, 7) is 7.45. The first kappa shape index (κ1) is 13.6. The van der Waals surface area contributed by atoms with Crippen molar-refractivity contribution in [3.8, 4) is 0 Å². The van der Waals surface area contributed by atoms with Gasteiger partial charge in [0.05, 0.1) is 6.54 Å². The SMILES string of the molecule is CC(C)(C)NCC(=O)N(Cc1ccsc1)C1CC1. The molecule has 0 aliphatic heterocycles. The van der Waals surface area contributed by atoms with Gasteiger partial charge in [-0.15, -0.1) is 0 Å². The van der Waals surface area contributed by atoms with Crippen molar-refractivity contribution in [1.82, 2.24) is 10.2 Å². The molecule has 100 valence electrons. The molecule has 2 rings (SSSR count). The normalized spacial score (nSPS) is 15.7. The molecule has 1 aliphatic carbocycles. The summed E-state index contributed by atoms with van der Waals surface area (Å²) in [5.74, 6) is 0.221. The summed E-state index contributed by atoms with van der Waals surface area (Å²) in [7, 11) is 0. The lowest BCUT2D eigenvalue weighted by Crippen LogP contribution is -2.45. The first-order valence-electron chi connectivity index (χ1n) is 6.51. The number of thiophene rings is 1. The standard InChI is InChI=1S/C14H22N2OS/c1-14(2,3)15-8-13(17)16(12-4-5-12)9-11-6-7-18-10-11/h6-7,10,12,15H,4-5,8-9H2,1-3H3. The number of hydrogen-bond donors (Lipinski definition) is 1. The first-order valence-corrected chi connectivity index (χ1v) is 7.45. The zero-order valence-corrected chi connectivity index (χ0v) is 12.2. The molecule has 1 N–H and O–H groups in total. The van der Waals surface area contributed by atoms with E-state index < -0.39 is 0 Å². The van der Waals surface area contributed by atoms with Crippen molar-refractivity contribution in [3.63, 3.8) is 0 Å². The van der Waals surface area contributed by atoms with Crippen LogP contribution in [0.3, 0.4) is 0 Å². The van der Waals surface area contributed by atoms with Gasteiger partial charge >= 0.3 is 0 Å². The molecule has 1 amide bonds. The molecule has 1 fully saturated rings. The van der Waals surface area contributed by atoms with Gasteiger partial charge in [-0.2, -0.15) is 11.3 Å². The molecule has 0 atom stereocenters. The van der Waals surface area contributed by atoms with Crippen molar-refractivity contribution in [1.29, 1.82) is 0 Å². The molecule has 4 heteroatoms. The number of rotatable bonds is 5. The van der Waals surface area contributed by atoms with Crippen LogP contribution >= 0.6 is 11.3 Å². The minimum Gasteiger partial charge on any atom is -0.334 e. The second-order valence-electron chi connectivity index (χ2n) is 5.99. The number of carbonyl (C=O) groups excluding carboxylic acids is 1. The Bertz CT molecular complexity index is 390. The largest absolute Gasteiger partial charge is 0.334 e.